The van der Waals surface area contributed by atoms with Crippen molar-refractivity contribution in [2.75, 3.05) is 7.05 Å². The van der Waals surface area contributed by atoms with E-state index < -0.39 is 0 Å². The third-order valence-electron chi connectivity index (χ3n) is 3.72. The Morgan fingerprint density at radius 2 is 1.95 bits per heavy atom. The van der Waals surface area contributed by atoms with E-state index in [1.807, 2.05) is 25.3 Å². The lowest BCUT2D eigenvalue weighted by atomic mass is 10.1. The van der Waals surface area contributed by atoms with Crippen LogP contribution >= 0.6 is 0 Å². The van der Waals surface area contributed by atoms with Gasteiger partial charge in [0.05, 0.1) is 5.69 Å². The molecule has 0 saturated carbocycles. The van der Waals surface area contributed by atoms with E-state index in [1.165, 1.54) is 11.3 Å². The summed E-state index contributed by atoms with van der Waals surface area (Å²) in [5.74, 6) is 0. The van der Waals surface area contributed by atoms with Crippen molar-refractivity contribution in [3.05, 3.63) is 59.2 Å². The van der Waals surface area contributed by atoms with Crippen molar-refractivity contribution >= 4 is 0 Å². The Labute approximate surface area is 121 Å². The van der Waals surface area contributed by atoms with Gasteiger partial charge in [-0.2, -0.15) is 0 Å². The number of pyridine rings is 2. The first kappa shape index (κ1) is 14.7. The molecule has 0 aliphatic heterocycles. The molecule has 20 heavy (non-hydrogen) atoms. The molecule has 0 saturated heterocycles. The van der Waals surface area contributed by atoms with Crippen LogP contribution in [0.2, 0.25) is 0 Å². The zero-order valence-electron chi connectivity index (χ0n) is 12.8. The Balaban J connectivity index is 1.99. The summed E-state index contributed by atoms with van der Waals surface area (Å²) in [5, 5.41) is 0. The van der Waals surface area contributed by atoms with Crippen LogP contribution in [0.25, 0.3) is 0 Å². The van der Waals surface area contributed by atoms with Crippen LogP contribution in [-0.2, 0) is 13.0 Å². The highest BCUT2D eigenvalue weighted by molar-refractivity contribution is 5.18. The van der Waals surface area contributed by atoms with Gasteiger partial charge in [0.1, 0.15) is 0 Å². The van der Waals surface area contributed by atoms with Crippen molar-refractivity contribution in [3.63, 3.8) is 0 Å². The molecule has 2 aromatic heterocycles. The predicted molar refractivity (Wildman–Crippen MR) is 82.6 cm³/mol. The molecule has 0 aliphatic carbocycles. The van der Waals surface area contributed by atoms with Gasteiger partial charge in [-0.1, -0.05) is 12.1 Å². The van der Waals surface area contributed by atoms with E-state index in [4.69, 9.17) is 0 Å². The molecule has 0 spiro atoms. The fourth-order valence-electron chi connectivity index (χ4n) is 2.27. The minimum atomic E-state index is 0.436. The second-order valence-corrected chi connectivity index (χ2v) is 5.51. The molecular weight excluding hydrogens is 246 g/mol. The molecule has 3 heteroatoms. The number of rotatable bonds is 5. The zero-order chi connectivity index (χ0) is 14.5. The van der Waals surface area contributed by atoms with Crippen LogP contribution in [0.15, 0.2) is 36.5 Å². The third-order valence-corrected chi connectivity index (χ3v) is 3.72. The summed E-state index contributed by atoms with van der Waals surface area (Å²) in [5.41, 5.74) is 4.65. The quantitative estimate of drug-likeness (QED) is 0.835. The SMILES string of the molecule is Cc1cccc(CN(C)C(C)Cc2ncccc2C)n1. The van der Waals surface area contributed by atoms with Crippen LogP contribution in [0.1, 0.15) is 29.6 Å². The van der Waals surface area contributed by atoms with Crippen molar-refractivity contribution in [3.8, 4) is 0 Å². The fourth-order valence-corrected chi connectivity index (χ4v) is 2.27. The topological polar surface area (TPSA) is 29.0 Å². The second-order valence-electron chi connectivity index (χ2n) is 5.51. The summed E-state index contributed by atoms with van der Waals surface area (Å²) >= 11 is 0. The van der Waals surface area contributed by atoms with Gasteiger partial charge in [0.15, 0.2) is 0 Å². The largest absolute Gasteiger partial charge is 0.297 e. The molecule has 1 unspecified atom stereocenters. The Morgan fingerprint density at radius 1 is 1.15 bits per heavy atom. The van der Waals surface area contributed by atoms with E-state index in [0.29, 0.717) is 6.04 Å². The molecular formula is C17H23N3. The van der Waals surface area contributed by atoms with Gasteiger partial charge in [0, 0.05) is 36.6 Å². The Kier molecular flexibility index (Phi) is 4.85. The Hall–Kier alpha value is -1.74. The molecule has 1 atom stereocenters. The Bertz CT molecular complexity index is 566. The van der Waals surface area contributed by atoms with Crippen molar-refractivity contribution < 1.29 is 0 Å². The molecule has 0 aromatic carbocycles. The van der Waals surface area contributed by atoms with E-state index in [1.54, 1.807) is 0 Å². The summed E-state index contributed by atoms with van der Waals surface area (Å²) in [6.45, 7) is 7.26. The minimum Gasteiger partial charge on any atom is -0.297 e. The van der Waals surface area contributed by atoms with Gasteiger partial charge in [-0.3, -0.25) is 14.9 Å². The monoisotopic (exact) mass is 269 g/mol. The summed E-state index contributed by atoms with van der Waals surface area (Å²) in [7, 11) is 2.15. The number of hydrogen-bond acceptors (Lipinski definition) is 3. The maximum absolute atomic E-state index is 4.56. The maximum atomic E-state index is 4.56. The van der Waals surface area contributed by atoms with Crippen molar-refractivity contribution in [2.45, 2.75) is 39.8 Å². The Morgan fingerprint density at radius 3 is 2.65 bits per heavy atom. The molecule has 0 radical (unpaired) electrons. The first-order valence-corrected chi connectivity index (χ1v) is 7.09. The van der Waals surface area contributed by atoms with Crippen LogP contribution in [0.4, 0.5) is 0 Å². The lowest BCUT2D eigenvalue weighted by Gasteiger charge is -2.24. The molecule has 0 N–H and O–H groups in total. The maximum Gasteiger partial charge on any atom is 0.0547 e. The average molecular weight is 269 g/mol. The molecule has 0 bridgehead atoms. The van der Waals surface area contributed by atoms with Crippen molar-refractivity contribution in [1.29, 1.82) is 0 Å². The molecule has 2 heterocycles. The standard InChI is InChI=1S/C17H23N3/c1-13-7-6-10-18-17(13)11-15(3)20(4)12-16-9-5-8-14(2)19-16/h5-10,15H,11-12H2,1-4H3. The predicted octanol–water partition coefficient (Wildman–Crippen LogP) is 3.16. The molecule has 106 valence electrons. The lowest BCUT2D eigenvalue weighted by Crippen LogP contribution is -2.31. The molecule has 0 amide bonds. The highest BCUT2D eigenvalue weighted by atomic mass is 15.1. The van der Waals surface area contributed by atoms with Gasteiger partial charge in [-0.15, -0.1) is 0 Å². The number of aromatic nitrogens is 2. The number of likely N-dealkylation sites (N-methyl/N-ethyl adjacent to an activating group) is 1. The van der Waals surface area contributed by atoms with E-state index in [9.17, 15) is 0 Å². The van der Waals surface area contributed by atoms with Crippen LogP contribution in [0, 0.1) is 13.8 Å². The highest BCUT2D eigenvalue weighted by Gasteiger charge is 2.13. The molecule has 0 fully saturated rings. The van der Waals surface area contributed by atoms with Gasteiger partial charge in [0.25, 0.3) is 0 Å². The van der Waals surface area contributed by atoms with E-state index in [0.717, 1.165) is 24.4 Å². The van der Waals surface area contributed by atoms with Crippen LogP contribution in [0.3, 0.4) is 0 Å². The van der Waals surface area contributed by atoms with Crippen LogP contribution in [0.5, 0.6) is 0 Å². The average Bonchev–Trinajstić information content (AvgIpc) is 2.41. The normalized spacial score (nSPS) is 12.7. The van der Waals surface area contributed by atoms with E-state index >= 15 is 0 Å². The zero-order valence-corrected chi connectivity index (χ0v) is 12.8. The van der Waals surface area contributed by atoms with Gasteiger partial charge >= 0.3 is 0 Å². The van der Waals surface area contributed by atoms with Crippen LogP contribution < -0.4 is 0 Å². The first-order chi connectivity index (χ1) is 9.56. The van der Waals surface area contributed by atoms with Gasteiger partial charge in [-0.05, 0) is 51.6 Å². The van der Waals surface area contributed by atoms with E-state index in [-0.39, 0.29) is 0 Å². The summed E-state index contributed by atoms with van der Waals surface area (Å²) in [6, 6.07) is 10.7. The molecule has 2 aromatic rings. The summed E-state index contributed by atoms with van der Waals surface area (Å²) < 4.78 is 0. The number of hydrogen-bond donors (Lipinski definition) is 0. The second kappa shape index (κ2) is 6.62. The third kappa shape index (κ3) is 3.87. The van der Waals surface area contributed by atoms with Crippen molar-refractivity contribution in [1.82, 2.24) is 14.9 Å². The van der Waals surface area contributed by atoms with Crippen molar-refractivity contribution in [2.24, 2.45) is 0 Å². The lowest BCUT2D eigenvalue weighted by molar-refractivity contribution is 0.244. The fraction of sp³-hybridized carbons (Fsp3) is 0.412. The number of aryl methyl sites for hydroxylation is 2. The van der Waals surface area contributed by atoms with Gasteiger partial charge in [0.2, 0.25) is 0 Å². The summed E-state index contributed by atoms with van der Waals surface area (Å²) in [4.78, 5) is 11.4. The highest BCUT2D eigenvalue weighted by Crippen LogP contribution is 2.11. The van der Waals surface area contributed by atoms with Crippen LogP contribution in [-0.4, -0.2) is 28.0 Å². The summed E-state index contributed by atoms with van der Waals surface area (Å²) in [6.07, 6.45) is 2.84. The smallest absolute Gasteiger partial charge is 0.0547 e. The van der Waals surface area contributed by atoms with Gasteiger partial charge < -0.3 is 0 Å². The molecule has 0 aliphatic rings. The van der Waals surface area contributed by atoms with Gasteiger partial charge in [-0.25, -0.2) is 0 Å². The minimum absolute atomic E-state index is 0.436. The first-order valence-electron chi connectivity index (χ1n) is 7.09. The van der Waals surface area contributed by atoms with E-state index in [2.05, 4.69) is 54.0 Å². The molecule has 2 rings (SSSR count). The molecule has 3 nitrogen and oxygen atoms in total. The number of nitrogens with zero attached hydrogens (tertiary/aromatic N) is 3.